The summed E-state index contributed by atoms with van der Waals surface area (Å²) in [6.07, 6.45) is 2.43. The molecule has 1 aliphatic heterocycles. The van der Waals surface area contributed by atoms with Crippen molar-refractivity contribution in [3.63, 3.8) is 0 Å². The molecule has 2 aromatic rings. The summed E-state index contributed by atoms with van der Waals surface area (Å²) in [6, 6.07) is 9.15. The van der Waals surface area contributed by atoms with Gasteiger partial charge < -0.3 is 10.6 Å². The number of piperidine rings is 1. The van der Waals surface area contributed by atoms with E-state index in [9.17, 15) is 26.8 Å². The summed E-state index contributed by atoms with van der Waals surface area (Å²) < 4.78 is 53.8. The fourth-order valence-electron chi connectivity index (χ4n) is 3.65. The molecule has 32 heavy (non-hydrogen) atoms. The van der Waals surface area contributed by atoms with Crippen LogP contribution < -0.4 is 10.6 Å². The summed E-state index contributed by atoms with van der Waals surface area (Å²) in [5.74, 6) is -2.77. The van der Waals surface area contributed by atoms with Crippen molar-refractivity contribution in [3.8, 4) is 0 Å². The van der Waals surface area contributed by atoms with E-state index >= 15 is 0 Å². The van der Waals surface area contributed by atoms with Gasteiger partial charge in [0.2, 0.25) is 15.9 Å². The predicted octanol–water partition coefficient (Wildman–Crippen LogP) is 2.90. The molecule has 1 saturated carbocycles. The van der Waals surface area contributed by atoms with Crippen molar-refractivity contribution in [3.05, 3.63) is 59.7 Å². The number of carbonyl (C=O) groups is 2. The van der Waals surface area contributed by atoms with Gasteiger partial charge in [0.25, 0.3) is 5.91 Å². The third-order valence-corrected chi connectivity index (χ3v) is 7.55. The second-order valence-electron chi connectivity index (χ2n) is 8.07. The third-order valence-electron chi connectivity index (χ3n) is 5.64. The predicted molar refractivity (Wildman–Crippen MR) is 113 cm³/mol. The Hall–Kier alpha value is -2.85. The molecule has 0 atom stereocenters. The molecule has 0 unspecified atom stereocenters. The van der Waals surface area contributed by atoms with E-state index in [0.29, 0.717) is 17.3 Å². The molecule has 10 heteroatoms. The number of hydrogen-bond donors (Lipinski definition) is 2. The van der Waals surface area contributed by atoms with Crippen molar-refractivity contribution in [1.82, 2.24) is 9.62 Å². The minimum Gasteiger partial charge on any atom is -0.349 e. The lowest BCUT2D eigenvalue weighted by molar-refractivity contribution is -0.120. The summed E-state index contributed by atoms with van der Waals surface area (Å²) in [5, 5.41) is 5.67. The van der Waals surface area contributed by atoms with E-state index in [1.54, 1.807) is 24.3 Å². The molecule has 7 nitrogen and oxygen atoms in total. The lowest BCUT2D eigenvalue weighted by Crippen LogP contribution is -2.41. The zero-order valence-electron chi connectivity index (χ0n) is 17.2. The largest absolute Gasteiger partial charge is 0.349 e. The number of benzene rings is 2. The van der Waals surface area contributed by atoms with Crippen LogP contribution in [0.15, 0.2) is 47.4 Å². The number of nitrogens with zero attached hydrogens (tertiary/aromatic N) is 1. The van der Waals surface area contributed by atoms with Gasteiger partial charge in [0.1, 0.15) is 16.5 Å². The SMILES string of the molecule is O=C(NC1CC1)c1cccc(NC(=O)C2CCN(S(=O)(=O)c3cc(F)ccc3F)CC2)c1. The van der Waals surface area contributed by atoms with E-state index in [4.69, 9.17) is 0 Å². The summed E-state index contributed by atoms with van der Waals surface area (Å²) in [7, 11) is -4.20. The fraction of sp³-hybridized carbons (Fsp3) is 0.364. The van der Waals surface area contributed by atoms with Gasteiger partial charge in [-0.3, -0.25) is 9.59 Å². The minimum atomic E-state index is -4.20. The van der Waals surface area contributed by atoms with Gasteiger partial charge in [-0.05, 0) is 62.1 Å². The van der Waals surface area contributed by atoms with Gasteiger partial charge in [0.15, 0.2) is 0 Å². The molecular formula is C22H23F2N3O4S. The molecule has 0 radical (unpaired) electrons. The van der Waals surface area contributed by atoms with Crippen LogP contribution in [0.3, 0.4) is 0 Å². The fourth-order valence-corrected chi connectivity index (χ4v) is 5.20. The number of sulfonamides is 1. The van der Waals surface area contributed by atoms with Gasteiger partial charge in [0, 0.05) is 36.3 Å². The average Bonchev–Trinajstić information content (AvgIpc) is 3.59. The van der Waals surface area contributed by atoms with Crippen LogP contribution in [0.4, 0.5) is 14.5 Å². The van der Waals surface area contributed by atoms with Crippen molar-refractivity contribution in [2.45, 2.75) is 36.6 Å². The number of rotatable bonds is 6. The van der Waals surface area contributed by atoms with E-state index in [0.717, 1.165) is 29.3 Å². The summed E-state index contributed by atoms with van der Waals surface area (Å²) in [4.78, 5) is 24.2. The second kappa shape index (κ2) is 8.95. The van der Waals surface area contributed by atoms with Crippen LogP contribution in [0.2, 0.25) is 0 Å². The Morgan fingerprint density at radius 3 is 2.38 bits per heavy atom. The van der Waals surface area contributed by atoms with Crippen LogP contribution in [0.1, 0.15) is 36.0 Å². The second-order valence-corrected chi connectivity index (χ2v) is 9.98. The molecule has 2 amide bonds. The Bertz CT molecular complexity index is 1140. The molecule has 1 heterocycles. The van der Waals surface area contributed by atoms with Crippen molar-refractivity contribution in [2.75, 3.05) is 18.4 Å². The normalized spacial score (nSPS) is 17.7. The van der Waals surface area contributed by atoms with Gasteiger partial charge in [-0.1, -0.05) is 6.07 Å². The van der Waals surface area contributed by atoms with Crippen LogP contribution in [-0.2, 0) is 14.8 Å². The molecule has 0 bridgehead atoms. The van der Waals surface area contributed by atoms with E-state index < -0.39 is 32.5 Å². The van der Waals surface area contributed by atoms with Crippen molar-refractivity contribution in [2.24, 2.45) is 5.92 Å². The van der Waals surface area contributed by atoms with Crippen LogP contribution in [0, 0.1) is 17.6 Å². The van der Waals surface area contributed by atoms with E-state index in [1.165, 1.54) is 0 Å². The number of hydrogen-bond acceptors (Lipinski definition) is 4. The summed E-state index contributed by atoms with van der Waals surface area (Å²) in [6.45, 7) is 0.0282. The first-order valence-electron chi connectivity index (χ1n) is 10.4. The smallest absolute Gasteiger partial charge is 0.251 e. The quantitative estimate of drug-likeness (QED) is 0.689. The minimum absolute atomic E-state index is 0.0141. The lowest BCUT2D eigenvalue weighted by Gasteiger charge is -2.30. The third kappa shape index (κ3) is 4.97. The first kappa shape index (κ1) is 22.3. The standard InChI is InChI=1S/C22H23F2N3O4S/c23-16-4-7-19(24)20(13-16)32(30,31)27-10-8-14(9-11-27)21(28)26-18-3-1-2-15(12-18)22(29)25-17-5-6-17/h1-4,7,12-14,17H,5-6,8-11H2,(H,25,29)(H,26,28). The summed E-state index contributed by atoms with van der Waals surface area (Å²) in [5.41, 5.74) is 0.933. The number of carbonyl (C=O) groups excluding carboxylic acids is 2. The molecule has 0 spiro atoms. The highest BCUT2D eigenvalue weighted by Crippen LogP contribution is 2.27. The van der Waals surface area contributed by atoms with Crippen molar-refractivity contribution < 1.29 is 26.8 Å². The first-order chi connectivity index (χ1) is 15.2. The molecule has 2 aromatic carbocycles. The molecule has 1 aliphatic carbocycles. The Morgan fingerprint density at radius 1 is 0.969 bits per heavy atom. The van der Waals surface area contributed by atoms with Gasteiger partial charge in [-0.2, -0.15) is 4.31 Å². The average molecular weight is 464 g/mol. The maximum Gasteiger partial charge on any atom is 0.251 e. The maximum atomic E-state index is 14.0. The van der Waals surface area contributed by atoms with Gasteiger partial charge in [-0.25, -0.2) is 17.2 Å². The van der Waals surface area contributed by atoms with Crippen LogP contribution in [-0.4, -0.2) is 43.7 Å². The van der Waals surface area contributed by atoms with Crippen LogP contribution >= 0.6 is 0 Å². The monoisotopic (exact) mass is 463 g/mol. The number of halogens is 2. The lowest BCUT2D eigenvalue weighted by atomic mass is 9.97. The molecule has 2 fully saturated rings. The number of nitrogens with one attached hydrogen (secondary N) is 2. The van der Waals surface area contributed by atoms with Crippen LogP contribution in [0.5, 0.6) is 0 Å². The highest BCUT2D eigenvalue weighted by molar-refractivity contribution is 7.89. The van der Waals surface area contributed by atoms with Gasteiger partial charge in [0.05, 0.1) is 0 Å². The van der Waals surface area contributed by atoms with E-state index in [2.05, 4.69) is 10.6 Å². The Labute approximate surface area is 184 Å². The Kier molecular flexibility index (Phi) is 6.25. The van der Waals surface area contributed by atoms with E-state index in [1.807, 2.05) is 0 Å². The highest BCUT2D eigenvalue weighted by atomic mass is 32.2. The number of amides is 2. The number of anilines is 1. The molecule has 1 saturated heterocycles. The molecule has 4 rings (SSSR count). The molecule has 0 aromatic heterocycles. The van der Waals surface area contributed by atoms with Gasteiger partial charge >= 0.3 is 0 Å². The molecule has 170 valence electrons. The molecule has 2 N–H and O–H groups in total. The maximum absolute atomic E-state index is 14.0. The molecule has 2 aliphatic rings. The highest BCUT2D eigenvalue weighted by Gasteiger charge is 2.34. The van der Waals surface area contributed by atoms with E-state index in [-0.39, 0.29) is 43.8 Å². The zero-order chi connectivity index (χ0) is 22.9. The zero-order valence-corrected chi connectivity index (χ0v) is 18.0. The molecular weight excluding hydrogens is 440 g/mol. The Balaban J connectivity index is 1.36. The Morgan fingerprint density at radius 2 is 1.69 bits per heavy atom. The topological polar surface area (TPSA) is 95.6 Å². The first-order valence-corrected chi connectivity index (χ1v) is 11.8. The van der Waals surface area contributed by atoms with Crippen molar-refractivity contribution in [1.29, 1.82) is 0 Å². The van der Waals surface area contributed by atoms with Crippen LogP contribution in [0.25, 0.3) is 0 Å². The van der Waals surface area contributed by atoms with Crippen molar-refractivity contribution >= 4 is 27.5 Å². The van der Waals surface area contributed by atoms with Gasteiger partial charge in [-0.15, -0.1) is 0 Å². The summed E-state index contributed by atoms with van der Waals surface area (Å²) >= 11 is 0.